The predicted molar refractivity (Wildman–Crippen MR) is 76.4 cm³/mol. The van der Waals surface area contributed by atoms with E-state index in [2.05, 4.69) is 17.2 Å². The number of amides is 1. The van der Waals surface area contributed by atoms with E-state index in [-0.39, 0.29) is 18.1 Å². The fourth-order valence-corrected chi connectivity index (χ4v) is 2.25. The van der Waals surface area contributed by atoms with Crippen LogP contribution >= 0.6 is 11.3 Å². The average molecular weight is 281 g/mol. The van der Waals surface area contributed by atoms with Crippen LogP contribution in [0, 0.1) is 18.8 Å². The van der Waals surface area contributed by atoms with Gasteiger partial charge in [0, 0.05) is 13.7 Å². The summed E-state index contributed by atoms with van der Waals surface area (Å²) in [7, 11) is 1.62. The molecule has 0 aliphatic rings. The molecule has 1 amide bonds. The summed E-state index contributed by atoms with van der Waals surface area (Å²) >= 11 is 1.33. The second kappa shape index (κ2) is 6.71. The Morgan fingerprint density at radius 1 is 1.58 bits per heavy atom. The van der Waals surface area contributed by atoms with Crippen molar-refractivity contribution in [2.45, 2.75) is 26.4 Å². The summed E-state index contributed by atoms with van der Waals surface area (Å²) in [6.45, 7) is 5.97. The minimum Gasteiger partial charge on any atom is -0.384 e. The summed E-state index contributed by atoms with van der Waals surface area (Å²) in [5, 5.41) is 11.5. The van der Waals surface area contributed by atoms with Gasteiger partial charge < -0.3 is 15.2 Å². The van der Waals surface area contributed by atoms with Crippen LogP contribution in [0.5, 0.6) is 0 Å². The molecule has 19 heavy (non-hydrogen) atoms. The highest BCUT2D eigenvalue weighted by atomic mass is 32.1. The number of methoxy groups -OCH3 is 1. The molecule has 0 aliphatic carbocycles. The fraction of sp³-hybridized carbons (Fsp3) is 0.500. The highest BCUT2D eigenvalue weighted by Crippen LogP contribution is 2.21. The minimum atomic E-state index is -0.387. The Morgan fingerprint density at radius 3 is 2.84 bits per heavy atom. The molecule has 0 atom stereocenters. The quantitative estimate of drug-likeness (QED) is 0.823. The van der Waals surface area contributed by atoms with E-state index >= 15 is 0 Å². The first kappa shape index (κ1) is 15.7. The maximum absolute atomic E-state index is 12.0. The van der Waals surface area contributed by atoms with Gasteiger partial charge in [0.05, 0.1) is 15.4 Å². The molecular formula is C14H19NO3S. The van der Waals surface area contributed by atoms with Crippen LogP contribution in [0.3, 0.4) is 0 Å². The van der Waals surface area contributed by atoms with E-state index in [1.54, 1.807) is 13.2 Å². The number of carbonyl (C=O) groups excluding carboxylic acids is 1. The van der Waals surface area contributed by atoms with E-state index in [1.165, 1.54) is 11.3 Å². The number of ether oxygens (including phenoxy) is 1. The standard InChI is InChI=1S/C14H19NO3S/c1-10-8-12(19-11(10)6-5-7-16)13(17)15-9-14(2,3)18-4/h8,16H,7,9H2,1-4H3,(H,15,17). The third-order valence-electron chi connectivity index (χ3n) is 2.65. The average Bonchev–Trinajstić information content (AvgIpc) is 2.75. The summed E-state index contributed by atoms with van der Waals surface area (Å²) in [4.78, 5) is 13.4. The maximum atomic E-state index is 12.0. The third-order valence-corrected chi connectivity index (χ3v) is 3.80. The van der Waals surface area contributed by atoms with Crippen molar-refractivity contribution in [1.29, 1.82) is 0 Å². The molecule has 1 aromatic heterocycles. The number of aryl methyl sites for hydroxylation is 1. The second-order valence-corrected chi connectivity index (χ2v) is 5.78. The van der Waals surface area contributed by atoms with E-state index in [1.807, 2.05) is 20.8 Å². The molecule has 0 radical (unpaired) electrons. The first-order chi connectivity index (χ1) is 8.89. The summed E-state index contributed by atoms with van der Waals surface area (Å²) in [5.74, 6) is 5.29. The van der Waals surface area contributed by atoms with Gasteiger partial charge in [-0.1, -0.05) is 11.8 Å². The first-order valence-electron chi connectivity index (χ1n) is 5.93. The van der Waals surface area contributed by atoms with Crippen molar-refractivity contribution in [2.75, 3.05) is 20.3 Å². The third kappa shape index (κ3) is 4.67. The molecule has 2 N–H and O–H groups in total. The lowest BCUT2D eigenvalue weighted by Gasteiger charge is -2.22. The normalized spacial score (nSPS) is 10.8. The lowest BCUT2D eigenvalue weighted by molar-refractivity contribution is 0.0229. The molecule has 0 bridgehead atoms. The second-order valence-electron chi connectivity index (χ2n) is 4.73. The Hall–Kier alpha value is -1.35. The lowest BCUT2D eigenvalue weighted by atomic mass is 10.1. The van der Waals surface area contributed by atoms with Crippen LogP contribution < -0.4 is 5.32 Å². The van der Waals surface area contributed by atoms with Crippen LogP contribution in [-0.2, 0) is 4.74 Å². The monoisotopic (exact) mass is 281 g/mol. The van der Waals surface area contributed by atoms with Gasteiger partial charge in [0.15, 0.2) is 0 Å². The first-order valence-corrected chi connectivity index (χ1v) is 6.75. The van der Waals surface area contributed by atoms with Crippen LogP contribution in [0.25, 0.3) is 0 Å². The molecule has 4 nitrogen and oxygen atoms in total. The van der Waals surface area contributed by atoms with Gasteiger partial charge in [-0.15, -0.1) is 11.3 Å². The maximum Gasteiger partial charge on any atom is 0.261 e. The molecule has 0 saturated heterocycles. The number of hydrogen-bond acceptors (Lipinski definition) is 4. The Bertz CT molecular complexity index is 508. The topological polar surface area (TPSA) is 58.6 Å². The van der Waals surface area contributed by atoms with Gasteiger partial charge >= 0.3 is 0 Å². The van der Waals surface area contributed by atoms with Gasteiger partial charge in [0.1, 0.15) is 6.61 Å². The van der Waals surface area contributed by atoms with Crippen molar-refractivity contribution < 1.29 is 14.6 Å². The van der Waals surface area contributed by atoms with Crippen molar-refractivity contribution in [3.05, 3.63) is 21.4 Å². The van der Waals surface area contributed by atoms with Gasteiger partial charge in [-0.2, -0.15) is 0 Å². The molecule has 0 aliphatic heterocycles. The predicted octanol–water partition coefficient (Wildman–Crippen LogP) is 1.56. The van der Waals surface area contributed by atoms with E-state index in [9.17, 15) is 4.79 Å². The van der Waals surface area contributed by atoms with Gasteiger partial charge in [0.2, 0.25) is 0 Å². The molecule has 104 valence electrons. The van der Waals surface area contributed by atoms with Gasteiger partial charge in [-0.05, 0) is 32.4 Å². The largest absolute Gasteiger partial charge is 0.384 e. The molecule has 0 saturated carbocycles. The lowest BCUT2D eigenvalue weighted by Crippen LogP contribution is -2.39. The summed E-state index contributed by atoms with van der Waals surface area (Å²) in [5.41, 5.74) is 0.559. The number of hydrogen-bond donors (Lipinski definition) is 2. The van der Waals surface area contributed by atoms with E-state index in [4.69, 9.17) is 9.84 Å². The Balaban J connectivity index is 2.73. The Morgan fingerprint density at radius 2 is 2.26 bits per heavy atom. The molecule has 1 aromatic rings. The molecule has 1 heterocycles. The van der Waals surface area contributed by atoms with Gasteiger partial charge in [0.25, 0.3) is 5.91 Å². The highest BCUT2D eigenvalue weighted by Gasteiger charge is 2.19. The number of nitrogens with one attached hydrogen (secondary N) is 1. The van der Waals surface area contributed by atoms with Crippen LogP contribution in [-0.4, -0.2) is 36.9 Å². The van der Waals surface area contributed by atoms with Crippen LogP contribution in [0.2, 0.25) is 0 Å². The van der Waals surface area contributed by atoms with Crippen molar-refractivity contribution >= 4 is 17.2 Å². The highest BCUT2D eigenvalue weighted by molar-refractivity contribution is 7.14. The smallest absolute Gasteiger partial charge is 0.261 e. The SMILES string of the molecule is COC(C)(C)CNC(=O)c1cc(C)c(C#CCO)s1. The van der Waals surface area contributed by atoms with Gasteiger partial charge in [-0.3, -0.25) is 4.79 Å². The summed E-state index contributed by atoms with van der Waals surface area (Å²) in [6, 6.07) is 1.81. The Labute approximate surface area is 117 Å². The number of aliphatic hydroxyl groups excluding tert-OH is 1. The van der Waals surface area contributed by atoms with Crippen molar-refractivity contribution in [2.24, 2.45) is 0 Å². The molecule has 5 heteroatoms. The number of carbonyl (C=O) groups is 1. The van der Waals surface area contributed by atoms with Gasteiger partial charge in [-0.25, -0.2) is 0 Å². The summed E-state index contributed by atoms with van der Waals surface area (Å²) < 4.78 is 5.24. The summed E-state index contributed by atoms with van der Waals surface area (Å²) in [6.07, 6.45) is 0. The van der Waals surface area contributed by atoms with Crippen molar-refractivity contribution in [3.63, 3.8) is 0 Å². The molecule has 1 rings (SSSR count). The van der Waals surface area contributed by atoms with E-state index in [0.717, 1.165) is 10.4 Å². The fourth-order valence-electron chi connectivity index (χ4n) is 1.29. The number of rotatable bonds is 4. The zero-order valence-corrected chi connectivity index (χ0v) is 12.5. The number of thiophene rings is 1. The van der Waals surface area contributed by atoms with Crippen LogP contribution in [0.4, 0.5) is 0 Å². The van der Waals surface area contributed by atoms with Crippen LogP contribution in [0.1, 0.15) is 34.0 Å². The zero-order chi connectivity index (χ0) is 14.5. The minimum absolute atomic E-state index is 0.129. The molecule has 0 spiro atoms. The zero-order valence-electron chi connectivity index (χ0n) is 11.7. The van der Waals surface area contributed by atoms with Crippen molar-refractivity contribution in [3.8, 4) is 11.8 Å². The van der Waals surface area contributed by atoms with E-state index in [0.29, 0.717) is 11.4 Å². The van der Waals surface area contributed by atoms with Crippen molar-refractivity contribution in [1.82, 2.24) is 5.32 Å². The Kier molecular flexibility index (Phi) is 5.55. The van der Waals surface area contributed by atoms with E-state index < -0.39 is 0 Å². The molecular weight excluding hydrogens is 262 g/mol. The van der Waals surface area contributed by atoms with Crippen LogP contribution in [0.15, 0.2) is 6.07 Å². The molecule has 0 fully saturated rings. The molecule has 0 unspecified atom stereocenters. The molecule has 0 aromatic carbocycles. The number of aliphatic hydroxyl groups is 1.